The van der Waals surface area contributed by atoms with Crippen LogP contribution in [0.3, 0.4) is 0 Å². The summed E-state index contributed by atoms with van der Waals surface area (Å²) in [6.45, 7) is 4.59. The molecule has 0 aliphatic carbocycles. The lowest BCUT2D eigenvalue weighted by atomic mass is 10.0. The van der Waals surface area contributed by atoms with Crippen LogP contribution in [0.15, 0.2) is 0 Å². The van der Waals surface area contributed by atoms with Crippen molar-refractivity contribution in [2.24, 2.45) is 11.5 Å². The molecule has 0 rings (SSSR count). The topological polar surface area (TPSA) is 61.3 Å². The van der Waals surface area contributed by atoms with Crippen molar-refractivity contribution in [3.8, 4) is 0 Å². The second-order valence-corrected chi connectivity index (χ2v) is 12.7. The van der Waals surface area contributed by atoms with E-state index in [0.717, 1.165) is 12.8 Å². The van der Waals surface area contributed by atoms with Gasteiger partial charge in [0, 0.05) is 0 Å². The summed E-state index contributed by atoms with van der Waals surface area (Å²) in [6, 6.07) is 0. The summed E-state index contributed by atoms with van der Waals surface area (Å²) in [5, 5.41) is 0. The third kappa shape index (κ3) is 34.0. The maximum atomic E-state index is 6.18. The highest BCUT2D eigenvalue weighted by atomic mass is 16.5. The second kappa shape index (κ2) is 34.1. The van der Waals surface area contributed by atoms with Crippen LogP contribution >= 0.6 is 0 Å². The SMILES string of the molecule is CCCCCCCCCCCCCCCCCC(N)OC(N)CCCCCCCCCCCCCCCCC. The maximum absolute atomic E-state index is 6.18. The van der Waals surface area contributed by atoms with Crippen molar-refractivity contribution in [3.63, 3.8) is 0 Å². The molecule has 0 radical (unpaired) electrons. The molecule has 3 heteroatoms. The predicted molar refractivity (Wildman–Crippen MR) is 176 cm³/mol. The van der Waals surface area contributed by atoms with Crippen LogP contribution in [0.1, 0.15) is 219 Å². The Morgan fingerprint density at radius 3 is 0.692 bits per heavy atom. The Hall–Kier alpha value is -0.120. The van der Waals surface area contributed by atoms with Gasteiger partial charge in [-0.3, -0.25) is 0 Å². The summed E-state index contributed by atoms with van der Waals surface area (Å²) in [7, 11) is 0. The van der Waals surface area contributed by atoms with E-state index >= 15 is 0 Å². The lowest BCUT2D eigenvalue weighted by Crippen LogP contribution is -2.34. The third-order valence-electron chi connectivity index (χ3n) is 8.53. The van der Waals surface area contributed by atoms with E-state index in [4.69, 9.17) is 16.2 Å². The first-order valence-electron chi connectivity index (χ1n) is 18.4. The predicted octanol–water partition coefficient (Wildman–Crippen LogP) is 12.1. The molecule has 2 unspecified atom stereocenters. The normalized spacial score (nSPS) is 13.2. The first-order chi connectivity index (χ1) is 19.2. The van der Waals surface area contributed by atoms with Crippen LogP contribution in [0.4, 0.5) is 0 Å². The first-order valence-corrected chi connectivity index (χ1v) is 18.4. The highest BCUT2D eigenvalue weighted by molar-refractivity contribution is 4.57. The molecule has 0 saturated carbocycles. The maximum Gasteiger partial charge on any atom is 0.107 e. The molecule has 0 aromatic carbocycles. The van der Waals surface area contributed by atoms with Gasteiger partial charge in [0.1, 0.15) is 12.5 Å². The van der Waals surface area contributed by atoms with Crippen LogP contribution in [0.5, 0.6) is 0 Å². The summed E-state index contributed by atoms with van der Waals surface area (Å²) in [5.74, 6) is 0. The van der Waals surface area contributed by atoms with E-state index in [2.05, 4.69) is 13.8 Å². The van der Waals surface area contributed by atoms with Gasteiger partial charge in [0.25, 0.3) is 0 Å². The highest BCUT2D eigenvalue weighted by Crippen LogP contribution is 2.16. The van der Waals surface area contributed by atoms with Gasteiger partial charge >= 0.3 is 0 Å². The van der Waals surface area contributed by atoms with Gasteiger partial charge in [0.2, 0.25) is 0 Å². The molecule has 0 heterocycles. The Kier molecular flexibility index (Phi) is 34.0. The number of rotatable bonds is 34. The molecule has 39 heavy (non-hydrogen) atoms. The zero-order chi connectivity index (χ0) is 28.5. The van der Waals surface area contributed by atoms with Crippen LogP contribution in [0.2, 0.25) is 0 Å². The number of unbranched alkanes of at least 4 members (excludes halogenated alkanes) is 28. The molecular weight excluding hydrogens is 476 g/mol. The minimum absolute atomic E-state index is 0.182. The zero-order valence-corrected chi connectivity index (χ0v) is 27.3. The molecule has 0 aromatic heterocycles. The van der Waals surface area contributed by atoms with Crippen molar-refractivity contribution in [2.75, 3.05) is 0 Å². The summed E-state index contributed by atoms with van der Waals surface area (Å²) in [4.78, 5) is 0. The number of hydrogen-bond donors (Lipinski definition) is 2. The number of hydrogen-bond acceptors (Lipinski definition) is 3. The van der Waals surface area contributed by atoms with Gasteiger partial charge in [-0.25, -0.2) is 0 Å². The molecule has 236 valence electrons. The fourth-order valence-corrected chi connectivity index (χ4v) is 5.79. The Balaban J connectivity index is 3.26. The van der Waals surface area contributed by atoms with Crippen molar-refractivity contribution in [3.05, 3.63) is 0 Å². The monoisotopic (exact) mass is 553 g/mol. The molecule has 0 spiro atoms. The van der Waals surface area contributed by atoms with Gasteiger partial charge in [-0.2, -0.15) is 0 Å². The van der Waals surface area contributed by atoms with E-state index in [-0.39, 0.29) is 12.5 Å². The molecule has 0 aliphatic rings. The lowest BCUT2D eigenvalue weighted by Gasteiger charge is -2.19. The fraction of sp³-hybridized carbons (Fsp3) is 1.00. The van der Waals surface area contributed by atoms with Gasteiger partial charge in [0.05, 0.1) is 0 Å². The minimum atomic E-state index is -0.182. The summed E-state index contributed by atoms with van der Waals surface area (Å²) >= 11 is 0. The Morgan fingerprint density at radius 2 is 0.487 bits per heavy atom. The number of ether oxygens (including phenoxy) is 1. The lowest BCUT2D eigenvalue weighted by molar-refractivity contribution is -0.0156. The molecule has 3 nitrogen and oxygen atoms in total. The Morgan fingerprint density at radius 1 is 0.308 bits per heavy atom. The van der Waals surface area contributed by atoms with Crippen LogP contribution in [-0.4, -0.2) is 12.5 Å². The molecule has 2 atom stereocenters. The van der Waals surface area contributed by atoms with Gasteiger partial charge in [-0.05, 0) is 25.7 Å². The van der Waals surface area contributed by atoms with Gasteiger partial charge < -0.3 is 16.2 Å². The first kappa shape index (κ1) is 38.9. The van der Waals surface area contributed by atoms with Gasteiger partial charge in [0.15, 0.2) is 0 Å². The van der Waals surface area contributed by atoms with Crippen LogP contribution in [0.25, 0.3) is 0 Å². The second-order valence-electron chi connectivity index (χ2n) is 12.7. The van der Waals surface area contributed by atoms with E-state index < -0.39 is 0 Å². The fourth-order valence-electron chi connectivity index (χ4n) is 5.79. The molecule has 0 saturated heterocycles. The molecule has 4 N–H and O–H groups in total. The Bertz CT molecular complexity index is 392. The van der Waals surface area contributed by atoms with E-state index in [1.165, 1.54) is 193 Å². The van der Waals surface area contributed by atoms with Crippen molar-refractivity contribution in [1.29, 1.82) is 0 Å². The summed E-state index contributed by atoms with van der Waals surface area (Å²) in [5.41, 5.74) is 12.4. The smallest absolute Gasteiger partial charge is 0.107 e. The third-order valence-corrected chi connectivity index (χ3v) is 8.53. The molecule has 0 fully saturated rings. The van der Waals surface area contributed by atoms with Crippen LogP contribution in [-0.2, 0) is 4.74 Å². The van der Waals surface area contributed by atoms with E-state index in [9.17, 15) is 0 Å². The largest absolute Gasteiger partial charge is 0.346 e. The zero-order valence-electron chi connectivity index (χ0n) is 27.3. The standard InChI is InChI=1S/C36H76N2O/c1-3-5-7-9-11-13-15-17-19-21-23-25-27-29-31-33-35(37)39-36(38)34-32-30-28-26-24-22-20-18-16-14-12-10-8-6-4-2/h35-36H,3-34,37-38H2,1-2H3. The average Bonchev–Trinajstić information content (AvgIpc) is 2.93. The molecular formula is C36H76N2O. The summed E-state index contributed by atoms with van der Waals surface area (Å²) in [6.07, 6.45) is 43.4. The van der Waals surface area contributed by atoms with Crippen LogP contribution in [0, 0.1) is 0 Å². The minimum Gasteiger partial charge on any atom is -0.346 e. The Labute approximate surface area is 247 Å². The molecule has 0 aromatic rings. The quantitative estimate of drug-likeness (QED) is 0.0616. The average molecular weight is 553 g/mol. The van der Waals surface area contributed by atoms with E-state index in [1.54, 1.807) is 0 Å². The summed E-state index contributed by atoms with van der Waals surface area (Å²) < 4.78 is 5.84. The van der Waals surface area contributed by atoms with Crippen molar-refractivity contribution >= 4 is 0 Å². The number of nitrogens with two attached hydrogens (primary N) is 2. The van der Waals surface area contributed by atoms with Crippen LogP contribution < -0.4 is 11.5 Å². The molecule has 0 aliphatic heterocycles. The van der Waals surface area contributed by atoms with E-state index in [1.807, 2.05) is 0 Å². The van der Waals surface area contributed by atoms with Crippen molar-refractivity contribution < 1.29 is 4.74 Å². The molecule has 0 bridgehead atoms. The molecule has 0 amide bonds. The van der Waals surface area contributed by atoms with E-state index in [0.29, 0.717) is 0 Å². The van der Waals surface area contributed by atoms with Crippen molar-refractivity contribution in [2.45, 2.75) is 232 Å². The van der Waals surface area contributed by atoms with Gasteiger partial charge in [-0.1, -0.05) is 194 Å². The van der Waals surface area contributed by atoms with Gasteiger partial charge in [-0.15, -0.1) is 0 Å². The van der Waals surface area contributed by atoms with Crippen molar-refractivity contribution in [1.82, 2.24) is 0 Å². The highest BCUT2D eigenvalue weighted by Gasteiger charge is 2.09.